The van der Waals surface area contributed by atoms with Crippen molar-refractivity contribution in [2.75, 3.05) is 27.9 Å². The molecule has 21 heavy (non-hydrogen) atoms. The van der Waals surface area contributed by atoms with Crippen LogP contribution in [0.1, 0.15) is 18.5 Å². The van der Waals surface area contributed by atoms with Crippen molar-refractivity contribution >= 4 is 11.9 Å². The molecule has 0 aromatic heterocycles. The molecule has 0 spiro atoms. The van der Waals surface area contributed by atoms with Gasteiger partial charge < -0.3 is 19.1 Å². The summed E-state index contributed by atoms with van der Waals surface area (Å²) >= 11 is 0. The zero-order chi connectivity index (χ0) is 15.6. The Bertz CT molecular complexity index is 548. The quantitative estimate of drug-likeness (QED) is 0.866. The van der Waals surface area contributed by atoms with Gasteiger partial charge in [-0.15, -0.1) is 0 Å². The zero-order valence-corrected chi connectivity index (χ0v) is 12.5. The van der Waals surface area contributed by atoms with Crippen LogP contribution in [0.25, 0.3) is 0 Å². The van der Waals surface area contributed by atoms with Crippen LogP contribution in [-0.2, 0) is 0 Å². The highest BCUT2D eigenvalue weighted by Crippen LogP contribution is 2.42. The van der Waals surface area contributed by atoms with Crippen LogP contribution in [0.4, 0.5) is 4.79 Å². The van der Waals surface area contributed by atoms with Gasteiger partial charge in [0.2, 0.25) is 0 Å². The maximum absolute atomic E-state index is 11.9. The van der Waals surface area contributed by atoms with E-state index >= 15 is 0 Å². The first-order chi connectivity index (χ1) is 10.1. The minimum Gasteiger partial charge on any atom is -0.496 e. The number of nitrogens with one attached hydrogen (secondary N) is 2. The third-order valence-electron chi connectivity index (χ3n) is 3.45. The van der Waals surface area contributed by atoms with Crippen molar-refractivity contribution in [3.63, 3.8) is 0 Å². The summed E-state index contributed by atoms with van der Waals surface area (Å²) in [6.07, 6.45) is 0. The van der Waals surface area contributed by atoms with Gasteiger partial charge in [-0.1, -0.05) is 0 Å². The number of hydrogen-bond acceptors (Lipinski definition) is 5. The Kier molecular flexibility index (Phi) is 4.21. The predicted octanol–water partition coefficient (Wildman–Crippen LogP) is 1.78. The third-order valence-corrected chi connectivity index (χ3v) is 3.45. The molecule has 7 heteroatoms. The first-order valence-electron chi connectivity index (χ1n) is 6.53. The molecular weight excluding hydrogens is 274 g/mol. The number of ether oxygens (including phenoxy) is 3. The minimum absolute atomic E-state index is 0.101. The van der Waals surface area contributed by atoms with Gasteiger partial charge in [0.05, 0.1) is 26.9 Å². The van der Waals surface area contributed by atoms with Crippen LogP contribution in [0.5, 0.6) is 17.2 Å². The molecule has 1 saturated heterocycles. The number of carbonyl (C=O) groups excluding carboxylic acids is 1. The number of benzene rings is 1. The van der Waals surface area contributed by atoms with Crippen molar-refractivity contribution in [2.24, 2.45) is 0 Å². The standard InChI is InChI=1S/C14H19N3O4/c1-5-17-12(13(15)16-14(17)18)11-9(20-3)6-8(19-2)7-10(11)21-4/h6-7,12H,5H2,1-4H3,(H2,15,16,18). The third kappa shape index (κ3) is 2.46. The molecule has 2 N–H and O–H groups in total. The molecule has 1 heterocycles. The SMILES string of the molecule is CCN1C(=O)NC(=N)C1c1c(OC)cc(OC)cc1OC. The van der Waals surface area contributed by atoms with Gasteiger partial charge in [-0.25, -0.2) is 4.79 Å². The van der Waals surface area contributed by atoms with Gasteiger partial charge >= 0.3 is 6.03 Å². The van der Waals surface area contributed by atoms with Gasteiger partial charge in [-0.05, 0) is 6.92 Å². The second kappa shape index (κ2) is 5.90. The van der Waals surface area contributed by atoms with E-state index in [9.17, 15) is 4.79 Å². The number of amides is 2. The number of rotatable bonds is 5. The first-order valence-corrected chi connectivity index (χ1v) is 6.53. The van der Waals surface area contributed by atoms with Crippen LogP contribution < -0.4 is 19.5 Å². The molecular formula is C14H19N3O4. The lowest BCUT2D eigenvalue weighted by molar-refractivity contribution is 0.207. The minimum atomic E-state index is -0.557. The second-order valence-electron chi connectivity index (χ2n) is 4.48. The number of carbonyl (C=O) groups is 1. The molecule has 2 amide bonds. The topological polar surface area (TPSA) is 83.9 Å². The number of nitrogens with zero attached hydrogens (tertiary/aromatic N) is 1. The largest absolute Gasteiger partial charge is 0.496 e. The lowest BCUT2D eigenvalue weighted by Crippen LogP contribution is -2.29. The molecule has 1 aliphatic heterocycles. The van der Waals surface area contributed by atoms with Crippen LogP contribution >= 0.6 is 0 Å². The van der Waals surface area contributed by atoms with E-state index in [1.54, 1.807) is 24.1 Å². The molecule has 2 rings (SSSR count). The van der Waals surface area contributed by atoms with Crippen LogP contribution in [0.2, 0.25) is 0 Å². The van der Waals surface area contributed by atoms with E-state index in [-0.39, 0.29) is 11.9 Å². The highest BCUT2D eigenvalue weighted by Gasteiger charge is 2.39. The smallest absolute Gasteiger partial charge is 0.323 e. The Balaban J connectivity index is 2.61. The normalized spacial score (nSPS) is 17.7. The van der Waals surface area contributed by atoms with Crippen LogP contribution in [-0.4, -0.2) is 44.6 Å². The molecule has 114 valence electrons. The summed E-state index contributed by atoms with van der Waals surface area (Å²) in [4.78, 5) is 13.4. The number of hydrogen-bond donors (Lipinski definition) is 2. The van der Waals surface area contributed by atoms with Gasteiger partial charge in [0, 0.05) is 18.7 Å². The fourth-order valence-corrected chi connectivity index (χ4v) is 2.46. The van der Waals surface area contributed by atoms with Gasteiger partial charge in [-0.3, -0.25) is 10.7 Å². The van der Waals surface area contributed by atoms with Crippen molar-refractivity contribution in [2.45, 2.75) is 13.0 Å². The van der Waals surface area contributed by atoms with E-state index < -0.39 is 6.04 Å². The zero-order valence-electron chi connectivity index (χ0n) is 12.5. The van der Waals surface area contributed by atoms with Crippen molar-refractivity contribution in [3.8, 4) is 17.2 Å². The fourth-order valence-electron chi connectivity index (χ4n) is 2.46. The summed E-state index contributed by atoms with van der Waals surface area (Å²) in [5.74, 6) is 1.70. The molecule has 0 saturated carbocycles. The lowest BCUT2D eigenvalue weighted by Gasteiger charge is -2.25. The maximum atomic E-state index is 11.9. The van der Waals surface area contributed by atoms with Gasteiger partial charge in [0.1, 0.15) is 29.1 Å². The van der Waals surface area contributed by atoms with E-state index in [0.717, 1.165) is 0 Å². The van der Waals surface area contributed by atoms with Crippen molar-refractivity contribution < 1.29 is 19.0 Å². The van der Waals surface area contributed by atoms with Gasteiger partial charge in [0.25, 0.3) is 0 Å². The number of likely N-dealkylation sites (N-methyl/N-ethyl adjacent to an activating group) is 1. The molecule has 0 bridgehead atoms. The van der Waals surface area contributed by atoms with Crippen molar-refractivity contribution in [1.82, 2.24) is 10.2 Å². The highest BCUT2D eigenvalue weighted by atomic mass is 16.5. The molecule has 1 unspecified atom stereocenters. The average Bonchev–Trinajstić information content (AvgIpc) is 2.78. The summed E-state index contributed by atoms with van der Waals surface area (Å²) in [5.41, 5.74) is 0.631. The Morgan fingerprint density at radius 1 is 1.19 bits per heavy atom. The molecule has 1 atom stereocenters. The molecule has 1 aromatic rings. The van der Waals surface area contributed by atoms with Crippen LogP contribution in [0.15, 0.2) is 12.1 Å². The fraction of sp³-hybridized carbons (Fsp3) is 0.429. The monoisotopic (exact) mass is 293 g/mol. The number of amidine groups is 1. The molecule has 1 fully saturated rings. The van der Waals surface area contributed by atoms with Gasteiger partial charge in [-0.2, -0.15) is 0 Å². The molecule has 0 radical (unpaired) electrons. The second-order valence-corrected chi connectivity index (χ2v) is 4.48. The first kappa shape index (κ1) is 15.0. The summed E-state index contributed by atoms with van der Waals surface area (Å²) in [7, 11) is 4.61. The summed E-state index contributed by atoms with van der Waals surface area (Å²) in [5, 5.41) is 10.6. The maximum Gasteiger partial charge on any atom is 0.323 e. The van der Waals surface area contributed by atoms with Crippen molar-refractivity contribution in [3.05, 3.63) is 17.7 Å². The Labute approximate surface area is 123 Å². The average molecular weight is 293 g/mol. The Hall–Kier alpha value is -2.44. The lowest BCUT2D eigenvalue weighted by atomic mass is 10.0. The predicted molar refractivity (Wildman–Crippen MR) is 77.5 cm³/mol. The Morgan fingerprint density at radius 2 is 1.76 bits per heavy atom. The van der Waals surface area contributed by atoms with Crippen LogP contribution in [0.3, 0.4) is 0 Å². The van der Waals surface area contributed by atoms with Crippen molar-refractivity contribution in [1.29, 1.82) is 5.41 Å². The van der Waals surface area contributed by atoms with E-state index in [4.69, 9.17) is 19.6 Å². The van der Waals surface area contributed by atoms with E-state index in [0.29, 0.717) is 29.4 Å². The van der Waals surface area contributed by atoms with Crippen LogP contribution in [0, 0.1) is 5.41 Å². The Morgan fingerprint density at radius 3 is 2.19 bits per heavy atom. The van der Waals surface area contributed by atoms with E-state index in [1.807, 2.05) is 6.92 Å². The molecule has 0 aliphatic carbocycles. The molecule has 1 aliphatic rings. The highest BCUT2D eigenvalue weighted by molar-refractivity contribution is 6.06. The number of methoxy groups -OCH3 is 3. The molecule has 1 aromatic carbocycles. The van der Waals surface area contributed by atoms with E-state index in [1.165, 1.54) is 14.2 Å². The number of urea groups is 1. The summed E-state index contributed by atoms with van der Waals surface area (Å²) in [6.45, 7) is 2.32. The van der Waals surface area contributed by atoms with Gasteiger partial charge in [0.15, 0.2) is 0 Å². The summed E-state index contributed by atoms with van der Waals surface area (Å²) < 4.78 is 16.0. The molecule has 7 nitrogen and oxygen atoms in total. The summed E-state index contributed by atoms with van der Waals surface area (Å²) in [6, 6.07) is 2.56. The van der Waals surface area contributed by atoms with E-state index in [2.05, 4.69) is 5.32 Å².